The van der Waals surface area contributed by atoms with Gasteiger partial charge in [0, 0.05) is 38.3 Å². The first-order chi connectivity index (χ1) is 13.5. The zero-order valence-corrected chi connectivity index (χ0v) is 17.7. The van der Waals surface area contributed by atoms with Crippen molar-refractivity contribution in [3.8, 4) is 0 Å². The van der Waals surface area contributed by atoms with Gasteiger partial charge >= 0.3 is 5.69 Å². The molecule has 1 fully saturated rings. The second-order valence-electron chi connectivity index (χ2n) is 7.35. The average molecular weight is 405 g/mol. The summed E-state index contributed by atoms with van der Waals surface area (Å²) in [6.07, 6.45) is 7.85. The van der Waals surface area contributed by atoms with Crippen molar-refractivity contribution in [3.05, 3.63) is 32.6 Å². The fraction of sp³-hybridized carbons (Fsp3) is 0.600. The van der Waals surface area contributed by atoms with E-state index in [1.807, 2.05) is 4.90 Å². The van der Waals surface area contributed by atoms with Gasteiger partial charge < -0.3 is 4.90 Å². The lowest BCUT2D eigenvalue weighted by atomic mass is 10.1. The summed E-state index contributed by atoms with van der Waals surface area (Å²) < 4.78 is 2.51. The summed E-state index contributed by atoms with van der Waals surface area (Å²) in [6.45, 7) is 3.74. The monoisotopic (exact) mass is 404 g/mol. The molecule has 0 N–H and O–H groups in total. The molecular weight excluding hydrogens is 376 g/mol. The van der Waals surface area contributed by atoms with Crippen LogP contribution >= 0.6 is 11.8 Å². The molecule has 0 saturated carbocycles. The van der Waals surface area contributed by atoms with Crippen molar-refractivity contribution in [1.82, 2.24) is 19.0 Å². The molecule has 0 aromatic carbocycles. The smallest absolute Gasteiger partial charge is 0.332 e. The first kappa shape index (κ1) is 20.6. The Balaban J connectivity index is 2.02. The zero-order chi connectivity index (χ0) is 20.3. The zero-order valence-electron chi connectivity index (χ0n) is 16.9. The molecule has 2 aromatic heterocycles. The third-order valence-electron chi connectivity index (χ3n) is 5.34. The van der Waals surface area contributed by atoms with Crippen LogP contribution in [0.5, 0.6) is 0 Å². The summed E-state index contributed by atoms with van der Waals surface area (Å²) in [5.74, 6) is 0.405. The van der Waals surface area contributed by atoms with Gasteiger partial charge in [-0.25, -0.2) is 9.78 Å². The molecule has 0 aliphatic carbocycles. The number of amides is 1. The van der Waals surface area contributed by atoms with Crippen molar-refractivity contribution in [2.24, 2.45) is 14.1 Å². The predicted molar refractivity (Wildman–Crippen MR) is 112 cm³/mol. The van der Waals surface area contributed by atoms with Gasteiger partial charge in [-0.15, -0.1) is 11.8 Å². The van der Waals surface area contributed by atoms with E-state index in [1.165, 1.54) is 29.8 Å². The van der Waals surface area contributed by atoms with Crippen LogP contribution in [0, 0.1) is 0 Å². The Kier molecular flexibility index (Phi) is 6.59. The third-order valence-corrected chi connectivity index (χ3v) is 6.49. The van der Waals surface area contributed by atoms with Crippen LogP contribution in [0.1, 0.15) is 44.6 Å². The Morgan fingerprint density at radius 2 is 1.86 bits per heavy atom. The van der Waals surface area contributed by atoms with Crippen molar-refractivity contribution in [2.75, 3.05) is 18.8 Å². The first-order valence-corrected chi connectivity index (χ1v) is 10.9. The van der Waals surface area contributed by atoms with Gasteiger partial charge in [0.2, 0.25) is 5.91 Å². The van der Waals surface area contributed by atoms with E-state index in [2.05, 4.69) is 11.9 Å². The number of likely N-dealkylation sites (tertiary alicyclic amines) is 1. The van der Waals surface area contributed by atoms with E-state index in [1.54, 1.807) is 13.2 Å². The van der Waals surface area contributed by atoms with Gasteiger partial charge in [-0.1, -0.05) is 13.3 Å². The van der Waals surface area contributed by atoms with Crippen LogP contribution in [0.4, 0.5) is 0 Å². The van der Waals surface area contributed by atoms with Gasteiger partial charge in [0.05, 0.1) is 11.1 Å². The standard InChI is InChI=1S/C20H28N4O3S/c1-4-5-9-14-12-21-18-16(19(26)23(3)20(27)22(18)2)17(14)28-13-15(25)24-10-7-6-8-11-24/h12H,4-11,13H2,1-3H3. The highest BCUT2D eigenvalue weighted by molar-refractivity contribution is 8.00. The van der Waals surface area contributed by atoms with Gasteiger partial charge in [0.1, 0.15) is 5.65 Å². The number of carbonyl (C=O) groups is 1. The largest absolute Gasteiger partial charge is 0.342 e. The summed E-state index contributed by atoms with van der Waals surface area (Å²) >= 11 is 1.41. The number of hydrogen-bond acceptors (Lipinski definition) is 5. The highest BCUT2D eigenvalue weighted by Gasteiger charge is 2.21. The van der Waals surface area contributed by atoms with Crippen molar-refractivity contribution < 1.29 is 4.79 Å². The van der Waals surface area contributed by atoms with Crippen molar-refractivity contribution in [3.63, 3.8) is 0 Å². The van der Waals surface area contributed by atoms with E-state index in [-0.39, 0.29) is 11.5 Å². The maximum Gasteiger partial charge on any atom is 0.332 e. The highest BCUT2D eigenvalue weighted by atomic mass is 32.2. The minimum atomic E-state index is -0.397. The van der Waals surface area contributed by atoms with E-state index < -0.39 is 5.69 Å². The van der Waals surface area contributed by atoms with Gasteiger partial charge in [-0.3, -0.25) is 18.7 Å². The number of aryl methyl sites for hydroxylation is 2. The minimum Gasteiger partial charge on any atom is -0.342 e. The maximum atomic E-state index is 12.9. The van der Waals surface area contributed by atoms with E-state index in [4.69, 9.17) is 0 Å². The number of fused-ring (bicyclic) bond motifs is 1. The molecular formula is C20H28N4O3S. The van der Waals surface area contributed by atoms with E-state index in [9.17, 15) is 14.4 Å². The Bertz CT molecular complexity index is 990. The Hall–Kier alpha value is -2.09. The van der Waals surface area contributed by atoms with Crippen LogP contribution in [-0.4, -0.2) is 43.8 Å². The summed E-state index contributed by atoms with van der Waals surface area (Å²) in [7, 11) is 3.10. The minimum absolute atomic E-state index is 0.109. The highest BCUT2D eigenvalue weighted by Crippen LogP contribution is 2.29. The average Bonchev–Trinajstić information content (AvgIpc) is 2.73. The Morgan fingerprint density at radius 3 is 2.54 bits per heavy atom. The van der Waals surface area contributed by atoms with Crippen LogP contribution in [-0.2, 0) is 25.3 Å². The Labute approximate surface area is 168 Å². The second-order valence-corrected chi connectivity index (χ2v) is 8.34. The molecule has 0 unspecified atom stereocenters. The number of carbonyl (C=O) groups excluding carboxylic acids is 1. The fourth-order valence-electron chi connectivity index (χ4n) is 3.62. The lowest BCUT2D eigenvalue weighted by molar-refractivity contribution is -0.129. The lowest BCUT2D eigenvalue weighted by Crippen LogP contribution is -2.38. The molecule has 7 nitrogen and oxygen atoms in total. The number of thioether (sulfide) groups is 1. The number of aromatic nitrogens is 3. The third kappa shape index (κ3) is 4.01. The number of rotatable bonds is 6. The molecule has 8 heteroatoms. The van der Waals surface area contributed by atoms with E-state index >= 15 is 0 Å². The second kappa shape index (κ2) is 8.94. The quantitative estimate of drug-likeness (QED) is 0.689. The number of piperidine rings is 1. The van der Waals surface area contributed by atoms with Crippen LogP contribution in [0.3, 0.4) is 0 Å². The molecule has 0 bridgehead atoms. The van der Waals surface area contributed by atoms with Gasteiger partial charge in [-0.05, 0) is 37.7 Å². The van der Waals surface area contributed by atoms with Crippen LogP contribution < -0.4 is 11.2 Å². The molecule has 1 saturated heterocycles. The summed E-state index contributed by atoms with van der Waals surface area (Å²) in [5, 5.41) is 0.439. The molecule has 152 valence electrons. The van der Waals surface area contributed by atoms with E-state index in [0.29, 0.717) is 16.8 Å². The topological polar surface area (TPSA) is 77.2 Å². The SMILES string of the molecule is CCCCc1cnc2c(c1SCC(=O)N1CCCCC1)c(=O)n(C)c(=O)n2C. The van der Waals surface area contributed by atoms with E-state index in [0.717, 1.165) is 60.2 Å². The molecule has 2 aromatic rings. The molecule has 3 heterocycles. The first-order valence-electron chi connectivity index (χ1n) is 9.93. The van der Waals surface area contributed by atoms with Gasteiger partial charge in [0.25, 0.3) is 5.56 Å². The molecule has 1 aliphatic heterocycles. The van der Waals surface area contributed by atoms with Crippen molar-refractivity contribution >= 4 is 28.7 Å². The summed E-state index contributed by atoms with van der Waals surface area (Å²) in [6, 6.07) is 0. The molecule has 1 amide bonds. The normalized spacial score (nSPS) is 14.6. The Morgan fingerprint density at radius 1 is 1.14 bits per heavy atom. The molecule has 0 radical (unpaired) electrons. The van der Waals surface area contributed by atoms with Crippen LogP contribution in [0.15, 0.2) is 20.7 Å². The van der Waals surface area contributed by atoms with Gasteiger partial charge in [0.15, 0.2) is 0 Å². The fourth-order valence-corrected chi connectivity index (χ4v) is 4.73. The molecule has 3 rings (SSSR count). The van der Waals surface area contributed by atoms with Gasteiger partial charge in [-0.2, -0.15) is 0 Å². The van der Waals surface area contributed by atoms with Crippen LogP contribution in [0.25, 0.3) is 11.0 Å². The number of unbranched alkanes of at least 4 members (excludes halogenated alkanes) is 1. The molecule has 0 spiro atoms. The maximum absolute atomic E-state index is 12.9. The molecule has 28 heavy (non-hydrogen) atoms. The lowest BCUT2D eigenvalue weighted by Gasteiger charge is -2.26. The number of pyridine rings is 1. The molecule has 0 atom stereocenters. The molecule has 1 aliphatic rings. The van der Waals surface area contributed by atoms with Crippen molar-refractivity contribution in [2.45, 2.75) is 50.3 Å². The van der Waals surface area contributed by atoms with Crippen molar-refractivity contribution in [1.29, 1.82) is 0 Å². The number of nitrogens with zero attached hydrogens (tertiary/aromatic N) is 4. The summed E-state index contributed by atoms with van der Waals surface area (Å²) in [4.78, 5) is 44.9. The predicted octanol–water partition coefficient (Wildman–Crippen LogP) is 2.08. The number of hydrogen-bond donors (Lipinski definition) is 0. The summed E-state index contributed by atoms with van der Waals surface area (Å²) in [5.41, 5.74) is 0.603. The van der Waals surface area contributed by atoms with Crippen LogP contribution in [0.2, 0.25) is 0 Å².